The van der Waals surface area contributed by atoms with E-state index in [0.717, 1.165) is 51.4 Å². The Hall–Kier alpha value is -2.05. The van der Waals surface area contributed by atoms with Gasteiger partial charge in [0.1, 0.15) is 0 Å². The molecule has 140 valence electrons. The molecule has 1 aliphatic rings. The molecule has 1 atom stereocenters. The largest absolute Gasteiger partial charge is 0.466 e. The van der Waals surface area contributed by atoms with Crippen molar-refractivity contribution >= 4 is 11.9 Å². The van der Waals surface area contributed by atoms with Gasteiger partial charge in [0.15, 0.2) is 5.96 Å². The minimum Gasteiger partial charge on any atom is -0.466 e. The summed E-state index contributed by atoms with van der Waals surface area (Å²) in [4.78, 5) is 18.9. The Morgan fingerprint density at radius 3 is 3.00 bits per heavy atom. The number of piperidine rings is 1. The highest BCUT2D eigenvalue weighted by atomic mass is 16.5. The van der Waals surface area contributed by atoms with E-state index < -0.39 is 0 Å². The molecule has 2 rings (SSSR count). The highest BCUT2D eigenvalue weighted by Gasteiger charge is 2.28. The molecule has 0 amide bonds. The normalized spacial score (nSPS) is 18.3. The van der Waals surface area contributed by atoms with E-state index in [9.17, 15) is 4.79 Å². The van der Waals surface area contributed by atoms with Gasteiger partial charge < -0.3 is 15.0 Å². The molecule has 2 heterocycles. The molecule has 1 aliphatic heterocycles. The van der Waals surface area contributed by atoms with Crippen molar-refractivity contribution in [1.82, 2.24) is 20.0 Å². The summed E-state index contributed by atoms with van der Waals surface area (Å²) in [7, 11) is 0. The Morgan fingerprint density at radius 1 is 1.48 bits per heavy atom. The summed E-state index contributed by atoms with van der Waals surface area (Å²) in [6.45, 7) is 10.4. The van der Waals surface area contributed by atoms with Crippen LogP contribution in [0.1, 0.15) is 38.7 Å². The Bertz CT molecular complexity index is 570. The van der Waals surface area contributed by atoms with Crippen molar-refractivity contribution in [2.45, 2.75) is 46.6 Å². The number of hydrogen-bond donors (Lipinski definition) is 1. The fourth-order valence-electron chi connectivity index (χ4n) is 3.05. The van der Waals surface area contributed by atoms with Gasteiger partial charge in [0.2, 0.25) is 0 Å². The predicted molar refractivity (Wildman–Crippen MR) is 98.5 cm³/mol. The molecule has 7 heteroatoms. The van der Waals surface area contributed by atoms with Gasteiger partial charge in [-0.1, -0.05) is 0 Å². The van der Waals surface area contributed by atoms with Crippen LogP contribution in [0.25, 0.3) is 0 Å². The van der Waals surface area contributed by atoms with Gasteiger partial charge in [0.05, 0.1) is 18.7 Å². The average Bonchev–Trinajstić information content (AvgIpc) is 3.03. The smallest absolute Gasteiger partial charge is 0.310 e. The van der Waals surface area contributed by atoms with Crippen LogP contribution < -0.4 is 5.32 Å². The molecule has 0 spiro atoms. The summed E-state index contributed by atoms with van der Waals surface area (Å²) in [5, 5.41) is 7.64. The lowest BCUT2D eigenvalue weighted by Crippen LogP contribution is -2.48. The van der Waals surface area contributed by atoms with E-state index in [1.165, 1.54) is 5.56 Å². The van der Waals surface area contributed by atoms with Crippen LogP contribution in [0.4, 0.5) is 0 Å². The third-order valence-electron chi connectivity index (χ3n) is 4.24. The van der Waals surface area contributed by atoms with E-state index in [1.54, 1.807) is 0 Å². The number of aliphatic imine (C=N–C) groups is 1. The van der Waals surface area contributed by atoms with E-state index in [4.69, 9.17) is 9.73 Å². The number of carbonyl (C=O) groups excluding carboxylic acids is 1. The molecular formula is C18H31N5O2. The first-order chi connectivity index (χ1) is 12.1. The number of rotatable bonds is 7. The van der Waals surface area contributed by atoms with Crippen molar-refractivity contribution in [2.75, 3.05) is 32.8 Å². The first-order valence-corrected chi connectivity index (χ1v) is 9.33. The maximum absolute atomic E-state index is 12.0. The molecule has 25 heavy (non-hydrogen) atoms. The predicted octanol–water partition coefficient (Wildman–Crippen LogP) is 1.82. The van der Waals surface area contributed by atoms with Crippen LogP contribution in [-0.2, 0) is 16.1 Å². The fourth-order valence-corrected chi connectivity index (χ4v) is 3.05. The van der Waals surface area contributed by atoms with Crippen molar-refractivity contribution in [3.8, 4) is 0 Å². The van der Waals surface area contributed by atoms with Crippen LogP contribution in [0.2, 0.25) is 0 Å². The second-order valence-electron chi connectivity index (χ2n) is 6.41. The zero-order valence-electron chi connectivity index (χ0n) is 15.7. The van der Waals surface area contributed by atoms with Crippen molar-refractivity contribution in [3.05, 3.63) is 18.0 Å². The van der Waals surface area contributed by atoms with Crippen LogP contribution in [0.5, 0.6) is 0 Å². The van der Waals surface area contributed by atoms with Crippen LogP contribution in [0.15, 0.2) is 17.4 Å². The fraction of sp³-hybridized carbons (Fsp3) is 0.722. The van der Waals surface area contributed by atoms with Gasteiger partial charge in [-0.25, -0.2) is 0 Å². The van der Waals surface area contributed by atoms with Gasteiger partial charge >= 0.3 is 5.97 Å². The monoisotopic (exact) mass is 349 g/mol. The Morgan fingerprint density at radius 2 is 2.32 bits per heavy atom. The quantitative estimate of drug-likeness (QED) is 0.352. The SMILES string of the molecule is CCNC(=NCCCn1cc(C)cn1)N1CCCC(C(=O)OCC)C1. The molecule has 0 bridgehead atoms. The Balaban J connectivity index is 1.88. The number of aryl methyl sites for hydroxylation is 2. The van der Waals surface area contributed by atoms with E-state index >= 15 is 0 Å². The number of likely N-dealkylation sites (tertiary alicyclic amines) is 1. The molecule has 1 N–H and O–H groups in total. The number of ether oxygens (including phenoxy) is 1. The topological polar surface area (TPSA) is 71.8 Å². The maximum Gasteiger partial charge on any atom is 0.310 e. The summed E-state index contributed by atoms with van der Waals surface area (Å²) in [5.41, 5.74) is 1.18. The first-order valence-electron chi connectivity index (χ1n) is 9.33. The number of nitrogens with zero attached hydrogens (tertiary/aromatic N) is 4. The van der Waals surface area contributed by atoms with Crippen molar-refractivity contribution in [3.63, 3.8) is 0 Å². The van der Waals surface area contributed by atoms with Crippen LogP contribution in [0.3, 0.4) is 0 Å². The highest BCUT2D eigenvalue weighted by Crippen LogP contribution is 2.18. The van der Waals surface area contributed by atoms with Gasteiger partial charge in [0.25, 0.3) is 0 Å². The van der Waals surface area contributed by atoms with Gasteiger partial charge in [-0.05, 0) is 45.6 Å². The van der Waals surface area contributed by atoms with Crippen molar-refractivity contribution in [1.29, 1.82) is 0 Å². The zero-order valence-corrected chi connectivity index (χ0v) is 15.7. The maximum atomic E-state index is 12.0. The third kappa shape index (κ3) is 6.07. The van der Waals surface area contributed by atoms with Crippen LogP contribution >= 0.6 is 0 Å². The van der Waals surface area contributed by atoms with Gasteiger partial charge in [-0.3, -0.25) is 14.5 Å². The summed E-state index contributed by atoms with van der Waals surface area (Å²) < 4.78 is 7.14. The first kappa shape index (κ1) is 19.3. The summed E-state index contributed by atoms with van der Waals surface area (Å²) in [6, 6.07) is 0. The lowest BCUT2D eigenvalue weighted by molar-refractivity contribution is -0.149. The summed E-state index contributed by atoms with van der Waals surface area (Å²) in [5.74, 6) is 0.759. The number of esters is 1. The molecule has 1 aromatic rings. The second-order valence-corrected chi connectivity index (χ2v) is 6.41. The van der Waals surface area contributed by atoms with E-state index in [0.29, 0.717) is 13.2 Å². The molecule has 1 saturated heterocycles. The molecule has 0 radical (unpaired) electrons. The molecule has 0 saturated carbocycles. The number of guanidine groups is 1. The molecule has 1 aromatic heterocycles. The standard InChI is InChI=1S/C18H31N5O2/c1-4-19-18(20-9-7-11-23-13-15(3)12-21-23)22-10-6-8-16(14-22)17(24)25-5-2/h12-13,16H,4-11,14H2,1-3H3,(H,19,20). The number of hydrogen-bond acceptors (Lipinski definition) is 4. The van der Waals surface area contributed by atoms with Crippen molar-refractivity contribution in [2.24, 2.45) is 10.9 Å². The zero-order chi connectivity index (χ0) is 18.1. The van der Waals surface area contributed by atoms with Gasteiger partial charge in [-0.15, -0.1) is 0 Å². The average molecular weight is 349 g/mol. The van der Waals surface area contributed by atoms with E-state index in [-0.39, 0.29) is 11.9 Å². The minimum atomic E-state index is -0.0860. The minimum absolute atomic E-state index is 0.0513. The third-order valence-corrected chi connectivity index (χ3v) is 4.24. The van der Waals surface area contributed by atoms with E-state index in [1.807, 2.05) is 30.9 Å². The number of carbonyl (C=O) groups is 1. The lowest BCUT2D eigenvalue weighted by atomic mass is 9.98. The van der Waals surface area contributed by atoms with Gasteiger partial charge in [0, 0.05) is 38.9 Å². The number of aromatic nitrogens is 2. The second kappa shape index (κ2) is 10.1. The molecule has 0 aromatic carbocycles. The molecule has 1 fully saturated rings. The molecule has 0 aliphatic carbocycles. The van der Waals surface area contributed by atoms with Crippen LogP contribution in [-0.4, -0.2) is 59.4 Å². The molecule has 1 unspecified atom stereocenters. The lowest BCUT2D eigenvalue weighted by Gasteiger charge is -2.34. The highest BCUT2D eigenvalue weighted by molar-refractivity contribution is 5.81. The molecule has 7 nitrogen and oxygen atoms in total. The molecular weight excluding hydrogens is 318 g/mol. The van der Waals surface area contributed by atoms with Crippen LogP contribution in [0, 0.1) is 12.8 Å². The van der Waals surface area contributed by atoms with Crippen molar-refractivity contribution < 1.29 is 9.53 Å². The number of nitrogens with one attached hydrogen (secondary N) is 1. The summed E-state index contributed by atoms with van der Waals surface area (Å²) in [6.07, 6.45) is 6.74. The summed E-state index contributed by atoms with van der Waals surface area (Å²) >= 11 is 0. The van der Waals surface area contributed by atoms with Gasteiger partial charge in [-0.2, -0.15) is 5.10 Å². The Kier molecular flexibility index (Phi) is 7.76. The van der Waals surface area contributed by atoms with E-state index in [2.05, 4.69) is 22.2 Å². The Labute approximate surface area is 150 Å².